The van der Waals surface area contributed by atoms with Gasteiger partial charge in [0.05, 0.1) is 10.7 Å². The Morgan fingerprint density at radius 3 is 2.59 bits per heavy atom. The lowest BCUT2D eigenvalue weighted by molar-refractivity contribution is -0.116. The number of rotatable bonds is 3. The van der Waals surface area contributed by atoms with E-state index in [-0.39, 0.29) is 17.5 Å². The van der Waals surface area contributed by atoms with Crippen LogP contribution in [0.1, 0.15) is 5.56 Å². The van der Waals surface area contributed by atoms with Crippen LogP contribution in [0, 0.1) is 5.82 Å². The predicted octanol–water partition coefficient (Wildman–Crippen LogP) is 3.61. The van der Waals surface area contributed by atoms with Crippen molar-refractivity contribution in [2.24, 2.45) is 0 Å². The van der Waals surface area contributed by atoms with Gasteiger partial charge < -0.3 is 4.90 Å². The molecule has 0 aliphatic carbocycles. The van der Waals surface area contributed by atoms with Crippen molar-refractivity contribution >= 4 is 40.5 Å². The quantitative estimate of drug-likeness (QED) is 0.801. The third-order valence-electron chi connectivity index (χ3n) is 3.41. The standard InChI is InChI=1S/C16H12ClFN2OS/c17-13-8-12(6-7-14(13)18)20-15(21)10-19(16(20)22)9-11-4-2-1-3-5-11/h1-8H,9-10H2. The number of halogens is 2. The molecule has 0 saturated carbocycles. The van der Waals surface area contributed by atoms with Crippen LogP contribution in [0.5, 0.6) is 0 Å². The zero-order valence-corrected chi connectivity index (χ0v) is 13.1. The summed E-state index contributed by atoms with van der Waals surface area (Å²) in [6.07, 6.45) is 0. The molecular formula is C16H12ClFN2OS. The largest absolute Gasteiger partial charge is 0.335 e. The van der Waals surface area contributed by atoms with E-state index in [9.17, 15) is 9.18 Å². The van der Waals surface area contributed by atoms with Gasteiger partial charge in [-0.2, -0.15) is 0 Å². The highest BCUT2D eigenvalue weighted by atomic mass is 35.5. The molecule has 3 rings (SSSR count). The molecule has 2 aromatic rings. The number of hydrogen-bond acceptors (Lipinski definition) is 2. The number of amides is 1. The minimum atomic E-state index is -0.524. The van der Waals surface area contributed by atoms with E-state index in [1.807, 2.05) is 35.2 Å². The van der Waals surface area contributed by atoms with Crippen molar-refractivity contribution in [3.8, 4) is 0 Å². The maximum Gasteiger partial charge on any atom is 0.252 e. The minimum absolute atomic E-state index is 0.0328. The monoisotopic (exact) mass is 334 g/mol. The summed E-state index contributed by atoms with van der Waals surface area (Å²) >= 11 is 11.2. The SMILES string of the molecule is O=C1CN(Cc2ccccc2)C(=S)N1c1ccc(F)c(Cl)c1. The van der Waals surface area contributed by atoms with Gasteiger partial charge in [0.25, 0.3) is 5.91 Å². The molecule has 0 radical (unpaired) electrons. The number of thiocarbonyl (C=S) groups is 1. The molecule has 0 unspecified atom stereocenters. The average molecular weight is 335 g/mol. The number of anilines is 1. The van der Waals surface area contributed by atoms with Crippen LogP contribution in [0.2, 0.25) is 5.02 Å². The molecule has 22 heavy (non-hydrogen) atoms. The van der Waals surface area contributed by atoms with E-state index in [0.29, 0.717) is 17.3 Å². The molecule has 1 heterocycles. The fourth-order valence-corrected chi connectivity index (χ4v) is 2.87. The van der Waals surface area contributed by atoms with Gasteiger partial charge in [0.2, 0.25) is 0 Å². The second kappa shape index (κ2) is 6.02. The molecule has 1 aliphatic rings. The summed E-state index contributed by atoms with van der Waals surface area (Å²) in [7, 11) is 0. The van der Waals surface area contributed by atoms with E-state index in [1.54, 1.807) is 0 Å². The van der Waals surface area contributed by atoms with E-state index in [0.717, 1.165) is 5.56 Å². The smallest absolute Gasteiger partial charge is 0.252 e. The first kappa shape index (κ1) is 14.9. The van der Waals surface area contributed by atoms with Crippen LogP contribution in [-0.2, 0) is 11.3 Å². The van der Waals surface area contributed by atoms with Gasteiger partial charge in [-0.3, -0.25) is 9.69 Å². The molecule has 0 bridgehead atoms. The lowest BCUT2D eigenvalue weighted by Crippen LogP contribution is -2.32. The molecule has 0 spiro atoms. The Balaban J connectivity index is 1.83. The minimum Gasteiger partial charge on any atom is -0.335 e. The topological polar surface area (TPSA) is 23.6 Å². The van der Waals surface area contributed by atoms with E-state index in [1.165, 1.54) is 23.1 Å². The fourth-order valence-electron chi connectivity index (χ4n) is 2.36. The van der Waals surface area contributed by atoms with Gasteiger partial charge in [0.1, 0.15) is 12.4 Å². The molecular weight excluding hydrogens is 323 g/mol. The summed E-state index contributed by atoms with van der Waals surface area (Å²) in [6, 6.07) is 13.9. The predicted molar refractivity (Wildman–Crippen MR) is 88.3 cm³/mol. The van der Waals surface area contributed by atoms with E-state index in [2.05, 4.69) is 0 Å². The highest BCUT2D eigenvalue weighted by Gasteiger charge is 2.34. The Kier molecular flexibility index (Phi) is 4.09. The second-order valence-corrected chi connectivity index (χ2v) is 5.72. The van der Waals surface area contributed by atoms with Crippen molar-refractivity contribution in [3.05, 3.63) is 64.9 Å². The van der Waals surface area contributed by atoms with E-state index >= 15 is 0 Å². The van der Waals surface area contributed by atoms with Crippen molar-refractivity contribution in [1.82, 2.24) is 4.90 Å². The van der Waals surface area contributed by atoms with Gasteiger partial charge in [-0.1, -0.05) is 41.9 Å². The fraction of sp³-hybridized carbons (Fsp3) is 0.125. The Labute approximate surface area is 137 Å². The molecule has 1 fully saturated rings. The molecule has 0 atom stereocenters. The third-order valence-corrected chi connectivity index (χ3v) is 4.15. The molecule has 6 heteroatoms. The first-order valence-corrected chi connectivity index (χ1v) is 7.46. The molecule has 0 N–H and O–H groups in total. The zero-order valence-electron chi connectivity index (χ0n) is 11.5. The summed E-state index contributed by atoms with van der Waals surface area (Å²) in [5.41, 5.74) is 1.55. The maximum atomic E-state index is 13.3. The third kappa shape index (κ3) is 2.82. The number of carbonyl (C=O) groups excluding carboxylic acids is 1. The number of nitrogens with zero attached hydrogens (tertiary/aromatic N) is 2. The van der Waals surface area contributed by atoms with Crippen LogP contribution >= 0.6 is 23.8 Å². The van der Waals surface area contributed by atoms with Gasteiger partial charge in [-0.15, -0.1) is 0 Å². The Hall–Kier alpha value is -1.98. The van der Waals surface area contributed by atoms with Crippen LogP contribution in [0.3, 0.4) is 0 Å². The van der Waals surface area contributed by atoms with Gasteiger partial charge in [0.15, 0.2) is 5.11 Å². The van der Waals surface area contributed by atoms with E-state index in [4.69, 9.17) is 23.8 Å². The van der Waals surface area contributed by atoms with Crippen molar-refractivity contribution in [3.63, 3.8) is 0 Å². The summed E-state index contributed by atoms with van der Waals surface area (Å²) in [5.74, 6) is -0.673. The average Bonchev–Trinajstić information content (AvgIpc) is 2.78. The highest BCUT2D eigenvalue weighted by molar-refractivity contribution is 7.80. The van der Waals surface area contributed by atoms with Gasteiger partial charge in [-0.25, -0.2) is 4.39 Å². The second-order valence-electron chi connectivity index (χ2n) is 4.95. The van der Waals surface area contributed by atoms with Crippen LogP contribution < -0.4 is 4.90 Å². The van der Waals surface area contributed by atoms with Crippen molar-refractivity contribution < 1.29 is 9.18 Å². The van der Waals surface area contributed by atoms with Crippen LogP contribution in [0.25, 0.3) is 0 Å². The van der Waals surface area contributed by atoms with Crippen molar-refractivity contribution in [2.45, 2.75) is 6.54 Å². The van der Waals surface area contributed by atoms with Gasteiger partial charge >= 0.3 is 0 Å². The molecule has 3 nitrogen and oxygen atoms in total. The first-order chi connectivity index (χ1) is 10.6. The van der Waals surface area contributed by atoms with Crippen LogP contribution in [0.4, 0.5) is 10.1 Å². The molecule has 112 valence electrons. The zero-order chi connectivity index (χ0) is 15.7. The number of benzene rings is 2. The van der Waals surface area contributed by atoms with Gasteiger partial charge in [0, 0.05) is 6.54 Å². The lowest BCUT2D eigenvalue weighted by Gasteiger charge is -2.20. The summed E-state index contributed by atoms with van der Waals surface area (Å²) in [5, 5.41) is 0.367. The summed E-state index contributed by atoms with van der Waals surface area (Å²) < 4.78 is 13.3. The maximum absolute atomic E-state index is 13.3. The molecule has 1 amide bonds. The Morgan fingerprint density at radius 1 is 1.18 bits per heavy atom. The van der Waals surface area contributed by atoms with Gasteiger partial charge in [-0.05, 0) is 36.0 Å². The Bertz CT molecular complexity index is 738. The normalized spacial score (nSPS) is 14.8. The Morgan fingerprint density at radius 2 is 1.91 bits per heavy atom. The number of carbonyl (C=O) groups is 1. The van der Waals surface area contributed by atoms with Crippen LogP contribution in [-0.4, -0.2) is 22.5 Å². The van der Waals surface area contributed by atoms with Crippen molar-refractivity contribution in [2.75, 3.05) is 11.4 Å². The number of hydrogen-bond donors (Lipinski definition) is 0. The van der Waals surface area contributed by atoms with E-state index < -0.39 is 5.82 Å². The molecule has 2 aromatic carbocycles. The lowest BCUT2D eigenvalue weighted by atomic mass is 10.2. The molecule has 1 saturated heterocycles. The highest BCUT2D eigenvalue weighted by Crippen LogP contribution is 2.27. The van der Waals surface area contributed by atoms with Crippen molar-refractivity contribution in [1.29, 1.82) is 0 Å². The first-order valence-electron chi connectivity index (χ1n) is 6.67. The summed E-state index contributed by atoms with van der Waals surface area (Å²) in [6.45, 7) is 0.750. The van der Waals surface area contributed by atoms with Crippen LogP contribution in [0.15, 0.2) is 48.5 Å². The summed E-state index contributed by atoms with van der Waals surface area (Å²) in [4.78, 5) is 15.4. The molecule has 1 aliphatic heterocycles. The molecule has 0 aromatic heterocycles.